The Morgan fingerprint density at radius 2 is 2.38 bits per heavy atom. The molecular formula is C4H6AlN3. The number of nitrogens with zero attached hydrogens (tertiary/aromatic N) is 1. The van der Waals surface area contributed by atoms with E-state index in [0.29, 0.717) is 5.82 Å². The number of anilines is 1. The van der Waals surface area contributed by atoms with Crippen molar-refractivity contribution >= 4 is 26.5 Å². The smallest absolute Gasteiger partial charge is 0.185 e. The highest BCUT2D eigenvalue weighted by molar-refractivity contribution is 6.36. The molecule has 1 rings (SSSR count). The zero-order valence-electron chi connectivity index (χ0n) is 4.60. The van der Waals surface area contributed by atoms with Gasteiger partial charge in [0, 0.05) is 5.69 Å². The van der Waals surface area contributed by atoms with Crippen LogP contribution in [0.25, 0.3) is 0 Å². The van der Waals surface area contributed by atoms with Crippen LogP contribution < -0.4 is 10.2 Å². The summed E-state index contributed by atoms with van der Waals surface area (Å²) in [4.78, 5) is 0. The molecule has 0 saturated heterocycles. The summed E-state index contributed by atoms with van der Waals surface area (Å²) in [5.41, 5.74) is 6.38. The van der Waals surface area contributed by atoms with E-state index in [9.17, 15) is 0 Å². The highest BCUT2D eigenvalue weighted by Gasteiger charge is 1.95. The molecule has 0 aliphatic heterocycles. The summed E-state index contributed by atoms with van der Waals surface area (Å²) in [6.45, 7) is 1.92. The van der Waals surface area contributed by atoms with Crippen LogP contribution in [-0.2, 0) is 0 Å². The van der Waals surface area contributed by atoms with Crippen LogP contribution in [0, 0.1) is 6.92 Å². The van der Waals surface area contributed by atoms with Gasteiger partial charge in [-0.1, -0.05) is 4.43 Å². The average Bonchev–Trinajstić information content (AvgIpc) is 1.98. The number of rotatable bonds is 0. The molecule has 0 aliphatic carbocycles. The molecule has 1 heterocycles. The van der Waals surface area contributed by atoms with Crippen LogP contribution in [0.5, 0.6) is 0 Å². The molecule has 1 aromatic rings. The fourth-order valence-corrected chi connectivity index (χ4v) is 0.586. The normalized spacial score (nSPS) is 9.62. The Hall–Kier alpha value is -0.458. The SMILES string of the molecule is Cc1[nH]nc(N)[c]1[Al]. The summed E-state index contributed by atoms with van der Waals surface area (Å²) in [6.07, 6.45) is 0. The fraction of sp³-hybridized carbons (Fsp3) is 0.250. The van der Waals surface area contributed by atoms with Crippen LogP contribution in [0.15, 0.2) is 0 Å². The summed E-state index contributed by atoms with van der Waals surface area (Å²) in [5, 5.41) is 6.49. The minimum Gasteiger partial charge on any atom is -0.383 e. The maximum absolute atomic E-state index is 5.38. The molecule has 40 valence electrons. The molecule has 0 fully saturated rings. The molecule has 4 heteroatoms. The minimum absolute atomic E-state index is 0.563. The second kappa shape index (κ2) is 1.81. The van der Waals surface area contributed by atoms with Crippen molar-refractivity contribution in [1.82, 2.24) is 10.2 Å². The lowest BCUT2D eigenvalue weighted by Crippen LogP contribution is -2.08. The standard InChI is InChI=1S/C4H6N3.Al/c1-3-2-4(5)7-6-3;/h1H3,(H3,5,6,7);. The van der Waals surface area contributed by atoms with Gasteiger partial charge in [-0.05, 0) is 6.92 Å². The van der Waals surface area contributed by atoms with Crippen molar-refractivity contribution in [2.45, 2.75) is 6.92 Å². The van der Waals surface area contributed by atoms with Crippen LogP contribution >= 0.6 is 0 Å². The summed E-state index contributed by atoms with van der Waals surface area (Å²) in [7, 11) is 0. The van der Waals surface area contributed by atoms with E-state index < -0.39 is 0 Å². The Kier molecular flexibility index (Phi) is 1.28. The predicted molar refractivity (Wildman–Crippen MR) is 33.1 cm³/mol. The van der Waals surface area contributed by atoms with Gasteiger partial charge < -0.3 is 5.73 Å². The number of H-pyrrole nitrogens is 1. The van der Waals surface area contributed by atoms with E-state index in [2.05, 4.69) is 26.5 Å². The molecule has 2 radical (unpaired) electrons. The van der Waals surface area contributed by atoms with Crippen LogP contribution in [-0.4, -0.2) is 26.5 Å². The molecule has 1 aromatic heterocycles. The van der Waals surface area contributed by atoms with Gasteiger partial charge >= 0.3 is 0 Å². The summed E-state index contributed by atoms with van der Waals surface area (Å²) >= 11 is 2.51. The largest absolute Gasteiger partial charge is 0.383 e. The van der Waals surface area contributed by atoms with Gasteiger partial charge in [0.1, 0.15) is 5.82 Å². The number of nitrogens with two attached hydrogens (primary N) is 1. The quantitative estimate of drug-likeness (QED) is 0.439. The number of nitrogen functional groups attached to an aromatic ring is 1. The summed E-state index contributed by atoms with van der Waals surface area (Å²) < 4.78 is 0.963. The van der Waals surface area contributed by atoms with E-state index in [0.717, 1.165) is 10.1 Å². The zero-order chi connectivity index (χ0) is 6.15. The van der Waals surface area contributed by atoms with Crippen molar-refractivity contribution in [3.63, 3.8) is 0 Å². The maximum Gasteiger partial charge on any atom is 0.185 e. The van der Waals surface area contributed by atoms with Crippen molar-refractivity contribution < 1.29 is 0 Å². The second-order valence-electron chi connectivity index (χ2n) is 1.65. The van der Waals surface area contributed by atoms with Gasteiger partial charge in [0.25, 0.3) is 0 Å². The van der Waals surface area contributed by atoms with E-state index in [1.54, 1.807) is 0 Å². The first-order chi connectivity index (χ1) is 3.72. The number of hydrogen-bond donors (Lipinski definition) is 2. The molecule has 0 aromatic carbocycles. The van der Waals surface area contributed by atoms with E-state index in [4.69, 9.17) is 5.73 Å². The number of aryl methyl sites for hydroxylation is 1. The van der Waals surface area contributed by atoms with Crippen molar-refractivity contribution in [2.75, 3.05) is 5.73 Å². The van der Waals surface area contributed by atoms with Gasteiger partial charge in [-0.2, -0.15) is 5.10 Å². The van der Waals surface area contributed by atoms with Crippen molar-refractivity contribution in [3.8, 4) is 0 Å². The molecule has 0 atom stereocenters. The minimum atomic E-state index is 0.563. The molecule has 8 heavy (non-hydrogen) atoms. The van der Waals surface area contributed by atoms with E-state index >= 15 is 0 Å². The van der Waals surface area contributed by atoms with Crippen LogP contribution in [0.3, 0.4) is 0 Å². The molecule has 3 N–H and O–H groups in total. The number of hydrogen-bond acceptors (Lipinski definition) is 2. The monoisotopic (exact) mass is 123 g/mol. The van der Waals surface area contributed by atoms with E-state index in [-0.39, 0.29) is 0 Å². The lowest BCUT2D eigenvalue weighted by Gasteiger charge is -1.85. The highest BCUT2D eigenvalue weighted by atomic mass is 27.0. The van der Waals surface area contributed by atoms with E-state index in [1.165, 1.54) is 0 Å². The van der Waals surface area contributed by atoms with Crippen molar-refractivity contribution in [1.29, 1.82) is 0 Å². The Bertz CT molecular complexity index is 174. The molecule has 3 nitrogen and oxygen atoms in total. The van der Waals surface area contributed by atoms with E-state index in [1.807, 2.05) is 6.92 Å². The molecule has 0 bridgehead atoms. The first-order valence-corrected chi connectivity index (χ1v) is 2.85. The summed E-state index contributed by atoms with van der Waals surface area (Å²) in [5.74, 6) is 0.563. The third-order valence-corrected chi connectivity index (χ3v) is 1.75. The number of nitrogens with one attached hydrogen (secondary N) is 1. The Morgan fingerprint density at radius 1 is 1.75 bits per heavy atom. The second-order valence-corrected chi connectivity index (χ2v) is 2.22. The van der Waals surface area contributed by atoms with Crippen LogP contribution in [0.4, 0.5) is 5.82 Å². The van der Waals surface area contributed by atoms with Gasteiger partial charge in [0.05, 0.1) is 0 Å². The van der Waals surface area contributed by atoms with Crippen LogP contribution in [0.2, 0.25) is 0 Å². The first kappa shape index (κ1) is 5.68. The number of aromatic amines is 1. The topological polar surface area (TPSA) is 54.7 Å². The molecule has 0 amide bonds. The van der Waals surface area contributed by atoms with Gasteiger partial charge in [0.15, 0.2) is 16.3 Å². The van der Waals surface area contributed by atoms with Crippen LogP contribution in [0.1, 0.15) is 5.69 Å². The van der Waals surface area contributed by atoms with Gasteiger partial charge in [-0.3, -0.25) is 5.10 Å². The Labute approximate surface area is 55.7 Å². The summed E-state index contributed by atoms with van der Waals surface area (Å²) in [6, 6.07) is 0. The Balaban J connectivity index is 3.19. The molecule has 0 aliphatic rings. The van der Waals surface area contributed by atoms with Gasteiger partial charge in [0.2, 0.25) is 0 Å². The zero-order valence-corrected chi connectivity index (χ0v) is 5.76. The van der Waals surface area contributed by atoms with Gasteiger partial charge in [-0.15, -0.1) is 0 Å². The maximum atomic E-state index is 5.38. The first-order valence-electron chi connectivity index (χ1n) is 2.27. The number of aromatic nitrogens is 2. The van der Waals surface area contributed by atoms with Gasteiger partial charge in [-0.25, -0.2) is 0 Å². The average molecular weight is 123 g/mol. The molecule has 0 unspecified atom stereocenters. The molecular weight excluding hydrogens is 117 g/mol. The molecule has 0 spiro atoms. The Morgan fingerprint density at radius 3 is 2.50 bits per heavy atom. The third kappa shape index (κ3) is 0.727. The fourth-order valence-electron chi connectivity index (χ4n) is 0.457. The highest BCUT2D eigenvalue weighted by Crippen LogP contribution is 1.90. The molecule has 0 saturated carbocycles. The lowest BCUT2D eigenvalue weighted by atomic mass is 10.5. The third-order valence-electron chi connectivity index (χ3n) is 1.02. The predicted octanol–water partition coefficient (Wildman–Crippen LogP) is -0.906. The lowest BCUT2D eigenvalue weighted by molar-refractivity contribution is 1.05. The van der Waals surface area contributed by atoms with Crippen molar-refractivity contribution in [2.24, 2.45) is 0 Å². The van der Waals surface area contributed by atoms with Crippen molar-refractivity contribution in [3.05, 3.63) is 5.69 Å².